The molecule has 1 aliphatic rings. The summed E-state index contributed by atoms with van der Waals surface area (Å²) in [6, 6.07) is 22.7. The number of alkyl halides is 1. The van der Waals surface area contributed by atoms with Gasteiger partial charge in [-0.1, -0.05) is 22.6 Å². The predicted molar refractivity (Wildman–Crippen MR) is 165 cm³/mol. The van der Waals surface area contributed by atoms with Crippen molar-refractivity contribution >= 4 is 60.6 Å². The van der Waals surface area contributed by atoms with Gasteiger partial charge in [0.15, 0.2) is 0 Å². The Morgan fingerprint density at radius 3 is 2.41 bits per heavy atom. The Morgan fingerprint density at radius 1 is 1.03 bits per heavy atom. The Kier molecular flexibility index (Phi) is 12.5. The molecular formula is C31H31B2I2O4-. The number of carbonyl (C=O) groups excluding carboxylic acids is 3. The van der Waals surface area contributed by atoms with Crippen LogP contribution >= 0.6 is 22.6 Å². The summed E-state index contributed by atoms with van der Waals surface area (Å²) < 4.78 is 5.33. The van der Waals surface area contributed by atoms with Gasteiger partial charge in [-0.3, -0.25) is 0 Å². The fraction of sp³-hybridized carbons (Fsp3) is 0.258. The summed E-state index contributed by atoms with van der Waals surface area (Å²) in [6.45, 7) is 10.0. The summed E-state index contributed by atoms with van der Waals surface area (Å²) in [5.41, 5.74) is 6.93. The number of fused-ring (bicyclic) bond motifs is 1. The van der Waals surface area contributed by atoms with Crippen molar-refractivity contribution in [3.05, 3.63) is 94.8 Å². The molecule has 0 saturated carbocycles. The van der Waals surface area contributed by atoms with Crippen LogP contribution in [-0.4, -0.2) is 32.3 Å². The number of hydrogen-bond acceptors (Lipinski definition) is 4. The van der Waals surface area contributed by atoms with Gasteiger partial charge in [0.1, 0.15) is 0 Å². The Labute approximate surface area is 256 Å². The summed E-state index contributed by atoms with van der Waals surface area (Å²) in [5, 5.41) is 2.13. The molecule has 2 aromatic heterocycles. The molecule has 0 N–H and O–H groups in total. The molecule has 5 rings (SSSR count). The van der Waals surface area contributed by atoms with Crippen molar-refractivity contribution in [3.63, 3.8) is 0 Å². The third kappa shape index (κ3) is 9.17. The van der Waals surface area contributed by atoms with Gasteiger partial charge in [-0.15, -0.1) is 0 Å². The van der Waals surface area contributed by atoms with Gasteiger partial charge >= 0.3 is 230 Å². The molecule has 1 unspecified atom stereocenters. The Hall–Kier alpha value is -2.20. The number of benzene rings is 2. The van der Waals surface area contributed by atoms with E-state index in [4.69, 9.17) is 4.74 Å². The molecule has 8 heteroatoms. The molecule has 1 aliphatic heterocycles. The van der Waals surface area contributed by atoms with Crippen LogP contribution < -0.4 is 21.2 Å². The van der Waals surface area contributed by atoms with Gasteiger partial charge in [0.25, 0.3) is 0 Å². The van der Waals surface area contributed by atoms with Gasteiger partial charge in [0.2, 0.25) is 0 Å². The minimum absolute atomic E-state index is 0.124. The molecule has 200 valence electrons. The Bertz CT molecular complexity index is 1440. The van der Waals surface area contributed by atoms with Crippen molar-refractivity contribution in [2.24, 2.45) is 0 Å². The van der Waals surface area contributed by atoms with Crippen LogP contribution in [-0.2, 0) is 25.7 Å². The quantitative estimate of drug-likeness (QED) is 0.139. The zero-order valence-electron chi connectivity index (χ0n) is 22.7. The Morgan fingerprint density at radius 2 is 1.77 bits per heavy atom. The topological polar surface area (TPSA) is 60.4 Å². The van der Waals surface area contributed by atoms with E-state index in [1.165, 1.54) is 23.5 Å². The minimum atomic E-state index is -0.977. The zero-order valence-corrected chi connectivity index (χ0v) is 27.0. The van der Waals surface area contributed by atoms with Crippen molar-refractivity contribution < 1.29 is 40.3 Å². The van der Waals surface area contributed by atoms with Crippen LogP contribution in [0.1, 0.15) is 47.8 Å². The molecule has 0 bridgehead atoms. The molecule has 1 fully saturated rings. The number of hydrogen-bond donors (Lipinski definition) is 0. The van der Waals surface area contributed by atoms with Crippen LogP contribution in [0, 0.1) is 13.8 Å². The first kappa shape index (κ1) is 31.3. The van der Waals surface area contributed by atoms with Gasteiger partial charge < -0.3 is 0 Å². The molecule has 3 heterocycles. The van der Waals surface area contributed by atoms with E-state index in [0.717, 1.165) is 27.3 Å². The van der Waals surface area contributed by atoms with E-state index >= 15 is 0 Å². The van der Waals surface area contributed by atoms with Crippen molar-refractivity contribution in [1.82, 2.24) is 0 Å². The summed E-state index contributed by atoms with van der Waals surface area (Å²) >= 11 is 1.17. The molecule has 39 heavy (non-hydrogen) atoms. The molecule has 1 atom stereocenters. The first-order chi connectivity index (χ1) is 18.8. The van der Waals surface area contributed by atoms with E-state index in [1.807, 2.05) is 36.1 Å². The van der Waals surface area contributed by atoms with Crippen LogP contribution in [0.4, 0.5) is 0 Å². The van der Waals surface area contributed by atoms with Crippen LogP contribution in [0.15, 0.2) is 72.7 Å². The van der Waals surface area contributed by atoms with Gasteiger partial charge in [0.05, 0.1) is 0 Å². The van der Waals surface area contributed by atoms with E-state index in [9.17, 15) is 14.4 Å². The molecule has 0 amide bonds. The Balaban J connectivity index is 0.000000236. The van der Waals surface area contributed by atoms with Crippen LogP contribution in [0.2, 0.25) is 0 Å². The van der Waals surface area contributed by atoms with E-state index in [2.05, 4.69) is 91.8 Å². The molecular weight excluding hydrogens is 712 g/mol. The number of ether oxygens (including phenoxy) is 1. The fourth-order valence-corrected chi connectivity index (χ4v) is 6.57. The maximum absolute atomic E-state index is 12.3. The molecule has 2 aromatic carbocycles. The average molecular weight is 743 g/mol. The summed E-state index contributed by atoms with van der Waals surface area (Å²) in [7, 11) is 0. The summed E-state index contributed by atoms with van der Waals surface area (Å²) in [6.07, 6.45) is 1.16. The van der Waals surface area contributed by atoms with Gasteiger partial charge in [0, 0.05) is 0 Å². The third-order valence-corrected chi connectivity index (χ3v) is 8.79. The third-order valence-electron chi connectivity index (χ3n) is 6.37. The number of halogens is 2. The first-order valence-electron chi connectivity index (χ1n) is 12.7. The molecule has 0 spiro atoms. The number of carbonyl (C=O) groups is 3. The van der Waals surface area contributed by atoms with Gasteiger partial charge in [-0.25, -0.2) is 0 Å². The second kappa shape index (κ2) is 15.6. The number of esters is 1. The number of rotatable bonds is 4. The first-order valence-corrected chi connectivity index (χ1v) is 17.0. The van der Waals surface area contributed by atoms with Crippen LogP contribution in [0.25, 0.3) is 21.7 Å². The molecule has 0 radical (unpaired) electrons. The average Bonchev–Trinajstić information content (AvgIpc) is 2.94. The van der Waals surface area contributed by atoms with Crippen LogP contribution in [0.5, 0.6) is 0 Å². The van der Waals surface area contributed by atoms with Crippen LogP contribution in [0.3, 0.4) is 0 Å². The van der Waals surface area contributed by atoms with Gasteiger partial charge in [-0.05, 0) is 4.93 Å². The molecule has 1 saturated heterocycles. The maximum atomic E-state index is 12.3. The zero-order chi connectivity index (χ0) is 28.4. The van der Waals surface area contributed by atoms with E-state index < -0.39 is 21.2 Å². The molecule has 4 nitrogen and oxygen atoms in total. The van der Waals surface area contributed by atoms with Crippen molar-refractivity contribution in [3.8, 4) is 11.0 Å². The molecule has 0 aliphatic carbocycles. The second-order valence-electron chi connectivity index (χ2n) is 9.25. The second-order valence-corrected chi connectivity index (χ2v) is 12.1. The number of aryl methyl sites for hydroxylation is 2. The monoisotopic (exact) mass is 743 g/mol. The standard InChI is InChI=1S/C18H17BIO4.C12H11B.CH3I/c1-10-15(14-5-6-17(22)20-18(14)23)8-13-4-3-12(7-16(13)19-10)9-24-11(2)21;1-10-7-8-12(13-9-10)11-5-3-2-4-6-11;1-2/h3-4,7-8,14H,5-6,9H2,1-2H3;2-9H,1H3;1H3/q-1;;. The molecule has 4 aromatic rings. The van der Waals surface area contributed by atoms with E-state index in [1.54, 1.807) is 0 Å². The van der Waals surface area contributed by atoms with E-state index in [0.29, 0.717) is 12.8 Å². The van der Waals surface area contributed by atoms with Crippen molar-refractivity contribution in [2.45, 2.75) is 46.1 Å². The van der Waals surface area contributed by atoms with Gasteiger partial charge in [-0.2, -0.15) is 0 Å². The van der Waals surface area contributed by atoms with E-state index in [-0.39, 0.29) is 26.1 Å². The summed E-state index contributed by atoms with van der Waals surface area (Å²) in [4.78, 5) is 36.7. The predicted octanol–water partition coefficient (Wildman–Crippen LogP) is 3.62. The van der Waals surface area contributed by atoms with Crippen molar-refractivity contribution in [2.75, 3.05) is 4.93 Å². The normalized spacial score (nSPS) is 14.5. The summed E-state index contributed by atoms with van der Waals surface area (Å²) in [5.74, 6) is 1.72. The SMILES string of the molecule is CC(=O)OCc1ccc2cc(C3CCC(=O)[I-]C3=O)c(C)bc2c1.CI.Cc1cbc(-c2ccccc2)cc1. The van der Waals surface area contributed by atoms with Crippen molar-refractivity contribution in [1.29, 1.82) is 0 Å². The fourth-order valence-electron chi connectivity index (χ4n) is 4.37.